The lowest BCUT2D eigenvalue weighted by Gasteiger charge is -2.11. The van der Waals surface area contributed by atoms with Crippen LogP contribution in [0.4, 0.5) is 5.69 Å². The quantitative estimate of drug-likeness (QED) is 0.273. The summed E-state index contributed by atoms with van der Waals surface area (Å²) in [5.41, 5.74) is 2.34. The number of ether oxygens (including phenoxy) is 3. The second-order valence-electron chi connectivity index (χ2n) is 7.61. The smallest absolute Gasteiger partial charge is 0.276 e. The average molecular weight is 476 g/mol. The summed E-state index contributed by atoms with van der Waals surface area (Å²) in [5, 5.41) is 14.3. The number of aromatic nitrogens is 2. The maximum Gasteiger partial charge on any atom is 0.276 e. The molecule has 4 rings (SSSR count). The van der Waals surface area contributed by atoms with Crippen molar-refractivity contribution in [3.63, 3.8) is 0 Å². The van der Waals surface area contributed by atoms with Crippen LogP contribution in [0.5, 0.6) is 17.2 Å². The van der Waals surface area contributed by atoms with Crippen LogP contribution in [0.2, 0.25) is 0 Å². The number of amides is 1. The molecule has 0 aliphatic rings. The third-order valence-corrected chi connectivity index (χ3v) is 5.36. The number of nitrogens with zero attached hydrogens (tertiary/aromatic N) is 3. The monoisotopic (exact) mass is 476 g/mol. The molecule has 0 aliphatic heterocycles. The van der Waals surface area contributed by atoms with Crippen LogP contribution in [0.15, 0.2) is 67.0 Å². The highest BCUT2D eigenvalue weighted by Gasteiger charge is 2.19. The second-order valence-corrected chi connectivity index (χ2v) is 7.61. The van der Waals surface area contributed by atoms with E-state index in [1.807, 2.05) is 35.0 Å². The van der Waals surface area contributed by atoms with E-state index >= 15 is 0 Å². The number of nitrogens with one attached hydrogen (secondary N) is 1. The first-order chi connectivity index (χ1) is 17.0. The van der Waals surface area contributed by atoms with Gasteiger partial charge >= 0.3 is 0 Å². The minimum Gasteiger partial charge on any atom is -0.493 e. The Morgan fingerprint density at radius 2 is 1.89 bits per heavy atom. The minimum atomic E-state index is -0.483. The molecule has 0 radical (unpaired) electrons. The van der Waals surface area contributed by atoms with Crippen LogP contribution in [0.1, 0.15) is 21.6 Å². The SMILES string of the molecule is COc1cc(CCNC(=O)c2cccc(OCc3cn4ccccc4n3)c2)c([N+](=O)[O-])cc1OC. The summed E-state index contributed by atoms with van der Waals surface area (Å²) in [4.78, 5) is 28.1. The molecule has 1 amide bonds. The number of nitro benzene ring substituents is 1. The molecule has 0 aliphatic carbocycles. The number of hydrogen-bond acceptors (Lipinski definition) is 7. The normalized spacial score (nSPS) is 10.7. The molecule has 0 bridgehead atoms. The fraction of sp³-hybridized carbons (Fsp3) is 0.200. The van der Waals surface area contributed by atoms with Crippen molar-refractivity contribution in [1.29, 1.82) is 0 Å². The van der Waals surface area contributed by atoms with E-state index in [2.05, 4.69) is 10.3 Å². The van der Waals surface area contributed by atoms with Gasteiger partial charge in [0.25, 0.3) is 11.6 Å². The highest BCUT2D eigenvalue weighted by molar-refractivity contribution is 5.94. The number of pyridine rings is 1. The molecular weight excluding hydrogens is 452 g/mol. The van der Waals surface area contributed by atoms with Gasteiger partial charge in [-0.25, -0.2) is 4.98 Å². The van der Waals surface area contributed by atoms with Gasteiger partial charge < -0.3 is 23.9 Å². The van der Waals surface area contributed by atoms with Crippen molar-refractivity contribution in [2.75, 3.05) is 20.8 Å². The second kappa shape index (κ2) is 10.6. The molecule has 0 saturated carbocycles. The molecule has 180 valence electrons. The van der Waals surface area contributed by atoms with Crippen molar-refractivity contribution < 1.29 is 23.9 Å². The first-order valence-electron chi connectivity index (χ1n) is 10.8. The summed E-state index contributed by atoms with van der Waals surface area (Å²) in [6, 6.07) is 15.4. The number of methoxy groups -OCH3 is 2. The molecule has 0 unspecified atom stereocenters. The Morgan fingerprint density at radius 1 is 1.09 bits per heavy atom. The molecule has 10 heteroatoms. The minimum absolute atomic E-state index is 0.0979. The lowest BCUT2D eigenvalue weighted by molar-refractivity contribution is -0.385. The molecule has 0 fully saturated rings. The van der Waals surface area contributed by atoms with Gasteiger partial charge in [0.15, 0.2) is 11.5 Å². The van der Waals surface area contributed by atoms with E-state index in [4.69, 9.17) is 14.2 Å². The molecule has 35 heavy (non-hydrogen) atoms. The van der Waals surface area contributed by atoms with Crippen molar-refractivity contribution in [3.05, 3.63) is 93.9 Å². The number of benzene rings is 2. The molecule has 10 nitrogen and oxygen atoms in total. The van der Waals surface area contributed by atoms with Gasteiger partial charge in [0.2, 0.25) is 0 Å². The van der Waals surface area contributed by atoms with Crippen LogP contribution in [0.25, 0.3) is 5.65 Å². The van der Waals surface area contributed by atoms with Crippen LogP contribution in [-0.2, 0) is 13.0 Å². The molecule has 0 saturated heterocycles. The maximum atomic E-state index is 12.7. The first kappa shape index (κ1) is 23.6. The van der Waals surface area contributed by atoms with E-state index in [9.17, 15) is 14.9 Å². The zero-order valence-electron chi connectivity index (χ0n) is 19.3. The predicted molar refractivity (Wildman–Crippen MR) is 128 cm³/mol. The number of rotatable bonds is 10. The largest absolute Gasteiger partial charge is 0.493 e. The molecule has 0 atom stereocenters. The zero-order valence-corrected chi connectivity index (χ0v) is 19.3. The topological polar surface area (TPSA) is 117 Å². The molecule has 0 spiro atoms. The number of imidazole rings is 1. The van der Waals surface area contributed by atoms with Gasteiger partial charge in [-0.15, -0.1) is 0 Å². The van der Waals surface area contributed by atoms with E-state index in [1.165, 1.54) is 20.3 Å². The zero-order chi connectivity index (χ0) is 24.8. The fourth-order valence-corrected chi connectivity index (χ4v) is 3.63. The van der Waals surface area contributed by atoms with Gasteiger partial charge in [-0.05, 0) is 42.8 Å². The fourth-order valence-electron chi connectivity index (χ4n) is 3.63. The number of carbonyl (C=O) groups excluding carboxylic acids is 1. The Balaban J connectivity index is 1.37. The van der Waals surface area contributed by atoms with Crippen LogP contribution >= 0.6 is 0 Å². The molecule has 1 N–H and O–H groups in total. The van der Waals surface area contributed by atoms with Gasteiger partial charge in [0.05, 0.1) is 30.9 Å². The summed E-state index contributed by atoms with van der Waals surface area (Å²) < 4.78 is 18.1. The van der Waals surface area contributed by atoms with E-state index in [0.29, 0.717) is 22.6 Å². The molecular formula is C25H24N4O6. The molecule has 2 aromatic heterocycles. The molecule has 4 aromatic rings. The lowest BCUT2D eigenvalue weighted by atomic mass is 10.1. The molecule has 2 heterocycles. The third-order valence-electron chi connectivity index (χ3n) is 5.36. The Morgan fingerprint density at radius 3 is 2.63 bits per heavy atom. The first-order valence-corrected chi connectivity index (χ1v) is 10.8. The maximum absolute atomic E-state index is 12.7. The number of hydrogen-bond donors (Lipinski definition) is 1. The Bertz CT molecular complexity index is 1330. The summed E-state index contributed by atoms with van der Waals surface area (Å²) in [7, 11) is 2.87. The summed E-state index contributed by atoms with van der Waals surface area (Å²) in [6.07, 6.45) is 4.04. The van der Waals surface area contributed by atoms with Crippen molar-refractivity contribution in [2.24, 2.45) is 0 Å². The number of carbonyl (C=O) groups is 1. The van der Waals surface area contributed by atoms with Crippen molar-refractivity contribution >= 4 is 17.2 Å². The summed E-state index contributed by atoms with van der Waals surface area (Å²) in [6.45, 7) is 0.456. The van der Waals surface area contributed by atoms with Gasteiger partial charge in [0.1, 0.15) is 18.0 Å². The average Bonchev–Trinajstić information content (AvgIpc) is 3.30. The standard InChI is InChI=1S/C25H24N4O6/c1-33-22-13-17(21(29(31)32)14-23(22)34-2)9-10-26-25(30)18-6-5-7-20(12-18)35-16-19-15-28-11-4-3-8-24(28)27-19/h3-8,11-15H,9-10,16H2,1-2H3,(H,26,30). The third kappa shape index (κ3) is 5.49. The highest BCUT2D eigenvalue weighted by atomic mass is 16.6. The number of fused-ring (bicyclic) bond motifs is 1. The number of nitro groups is 1. The van der Waals surface area contributed by atoms with Crippen molar-refractivity contribution in [1.82, 2.24) is 14.7 Å². The predicted octanol–water partition coefficient (Wildman–Crippen LogP) is 3.81. The highest BCUT2D eigenvalue weighted by Crippen LogP contribution is 2.34. The van der Waals surface area contributed by atoms with Crippen LogP contribution in [0, 0.1) is 10.1 Å². The molecule has 2 aromatic carbocycles. The Kier molecular flexibility index (Phi) is 7.10. The van der Waals surface area contributed by atoms with E-state index in [1.54, 1.807) is 30.3 Å². The Hall–Kier alpha value is -4.60. The van der Waals surface area contributed by atoms with Crippen LogP contribution in [0.3, 0.4) is 0 Å². The van der Waals surface area contributed by atoms with E-state index in [-0.39, 0.29) is 36.9 Å². The van der Waals surface area contributed by atoms with Gasteiger partial charge in [-0.1, -0.05) is 12.1 Å². The lowest BCUT2D eigenvalue weighted by Crippen LogP contribution is -2.25. The Labute approximate surface area is 201 Å². The van der Waals surface area contributed by atoms with Crippen molar-refractivity contribution in [3.8, 4) is 17.2 Å². The van der Waals surface area contributed by atoms with Gasteiger partial charge in [-0.2, -0.15) is 0 Å². The van der Waals surface area contributed by atoms with Gasteiger partial charge in [-0.3, -0.25) is 14.9 Å². The van der Waals surface area contributed by atoms with E-state index in [0.717, 1.165) is 11.3 Å². The van der Waals surface area contributed by atoms with Crippen LogP contribution in [-0.4, -0.2) is 41.0 Å². The van der Waals surface area contributed by atoms with E-state index < -0.39 is 4.92 Å². The summed E-state index contributed by atoms with van der Waals surface area (Å²) >= 11 is 0. The van der Waals surface area contributed by atoms with Crippen LogP contribution < -0.4 is 19.5 Å². The van der Waals surface area contributed by atoms with Gasteiger partial charge in [0, 0.05) is 30.1 Å². The summed E-state index contributed by atoms with van der Waals surface area (Å²) in [5.74, 6) is 0.874. The van der Waals surface area contributed by atoms with Crippen molar-refractivity contribution in [2.45, 2.75) is 13.0 Å².